The van der Waals surface area contributed by atoms with Crippen LogP contribution in [0.1, 0.15) is 11.1 Å². The Morgan fingerprint density at radius 2 is 1.82 bits per heavy atom. The van der Waals surface area contributed by atoms with Gasteiger partial charge in [-0.05, 0) is 43.7 Å². The molecule has 9 heteroatoms. The summed E-state index contributed by atoms with van der Waals surface area (Å²) in [6.07, 6.45) is 1.22. The van der Waals surface area contributed by atoms with Crippen LogP contribution in [0, 0.1) is 24.0 Å². The summed E-state index contributed by atoms with van der Waals surface area (Å²) in [6.45, 7) is 3.94. The molecule has 0 spiro atoms. The molecule has 0 amide bonds. The number of fused-ring (bicyclic) bond motifs is 1. The highest BCUT2D eigenvalue weighted by Gasteiger charge is 2.26. The lowest BCUT2D eigenvalue weighted by atomic mass is 10.2. The van der Waals surface area contributed by atoms with Crippen LogP contribution in [0.5, 0.6) is 11.6 Å². The predicted octanol–water partition coefficient (Wildman–Crippen LogP) is 5.15. The molecule has 140 valence electrons. The lowest BCUT2D eigenvalue weighted by Gasteiger charge is -2.08. The SMILES string of the molecule is Cc1ccc(Oc2ncnc(Nc3nc4ccc(C)cc4s3)c2[N+](=O)[O-])cc1. The van der Waals surface area contributed by atoms with Crippen molar-refractivity contribution in [1.29, 1.82) is 0 Å². The van der Waals surface area contributed by atoms with Crippen LogP contribution < -0.4 is 10.1 Å². The molecule has 28 heavy (non-hydrogen) atoms. The van der Waals surface area contributed by atoms with E-state index in [1.807, 2.05) is 44.2 Å². The van der Waals surface area contributed by atoms with Crippen LogP contribution in [0.4, 0.5) is 16.6 Å². The van der Waals surface area contributed by atoms with Crippen LogP contribution in [0.15, 0.2) is 48.8 Å². The smallest absolute Gasteiger partial charge is 0.373 e. The largest absolute Gasteiger partial charge is 0.434 e. The summed E-state index contributed by atoms with van der Waals surface area (Å²) in [5.74, 6) is 0.343. The van der Waals surface area contributed by atoms with Gasteiger partial charge >= 0.3 is 11.6 Å². The molecule has 2 aromatic heterocycles. The van der Waals surface area contributed by atoms with E-state index >= 15 is 0 Å². The molecule has 0 bridgehead atoms. The highest BCUT2D eigenvalue weighted by Crippen LogP contribution is 2.37. The Morgan fingerprint density at radius 3 is 2.57 bits per heavy atom. The summed E-state index contributed by atoms with van der Waals surface area (Å²) in [5, 5.41) is 15.1. The van der Waals surface area contributed by atoms with Crippen LogP contribution in [0.25, 0.3) is 10.2 Å². The molecule has 2 heterocycles. The van der Waals surface area contributed by atoms with Crippen molar-refractivity contribution in [1.82, 2.24) is 15.0 Å². The van der Waals surface area contributed by atoms with E-state index in [2.05, 4.69) is 20.3 Å². The predicted molar refractivity (Wildman–Crippen MR) is 108 cm³/mol. The van der Waals surface area contributed by atoms with Gasteiger partial charge < -0.3 is 10.1 Å². The molecule has 0 atom stereocenters. The Balaban J connectivity index is 1.69. The lowest BCUT2D eigenvalue weighted by Crippen LogP contribution is -2.03. The van der Waals surface area contributed by atoms with E-state index in [0.29, 0.717) is 10.9 Å². The molecule has 4 rings (SSSR count). The Labute approximate surface area is 164 Å². The summed E-state index contributed by atoms with van der Waals surface area (Å²) < 4.78 is 6.61. The zero-order valence-corrected chi connectivity index (χ0v) is 15.9. The average Bonchev–Trinajstić information content (AvgIpc) is 3.05. The topological polar surface area (TPSA) is 103 Å². The van der Waals surface area contributed by atoms with E-state index in [0.717, 1.165) is 21.3 Å². The average molecular weight is 393 g/mol. The molecule has 0 aliphatic rings. The number of ether oxygens (including phenoxy) is 1. The second kappa shape index (κ2) is 7.20. The summed E-state index contributed by atoms with van der Waals surface area (Å²) >= 11 is 1.39. The number of thiazole rings is 1. The van der Waals surface area contributed by atoms with E-state index < -0.39 is 4.92 Å². The number of nitro groups is 1. The van der Waals surface area contributed by atoms with Gasteiger partial charge in [-0.1, -0.05) is 35.1 Å². The fourth-order valence-corrected chi connectivity index (χ4v) is 3.56. The van der Waals surface area contributed by atoms with Gasteiger partial charge in [-0.25, -0.2) is 9.97 Å². The third-order valence-corrected chi connectivity index (χ3v) is 4.91. The fraction of sp³-hybridized carbons (Fsp3) is 0.105. The number of benzene rings is 2. The van der Waals surface area contributed by atoms with Crippen LogP contribution in [-0.2, 0) is 0 Å². The molecule has 0 saturated heterocycles. The molecular weight excluding hydrogens is 378 g/mol. The summed E-state index contributed by atoms with van der Waals surface area (Å²) in [7, 11) is 0. The van der Waals surface area contributed by atoms with Gasteiger partial charge in [-0.3, -0.25) is 10.1 Å². The van der Waals surface area contributed by atoms with Crippen molar-refractivity contribution in [2.75, 3.05) is 5.32 Å². The molecule has 0 aliphatic heterocycles. The molecule has 0 saturated carbocycles. The van der Waals surface area contributed by atoms with Gasteiger partial charge in [0.15, 0.2) is 5.13 Å². The minimum Gasteiger partial charge on any atom is -0.434 e. The van der Waals surface area contributed by atoms with Gasteiger partial charge in [-0.15, -0.1) is 0 Å². The third-order valence-electron chi connectivity index (χ3n) is 3.98. The first kappa shape index (κ1) is 17.8. The van der Waals surface area contributed by atoms with Gasteiger partial charge in [0, 0.05) is 0 Å². The van der Waals surface area contributed by atoms with Crippen molar-refractivity contribution in [3.05, 3.63) is 70.0 Å². The van der Waals surface area contributed by atoms with Crippen molar-refractivity contribution in [3.63, 3.8) is 0 Å². The van der Waals surface area contributed by atoms with E-state index in [-0.39, 0.29) is 17.4 Å². The third kappa shape index (κ3) is 3.60. The molecule has 0 fully saturated rings. The van der Waals surface area contributed by atoms with E-state index in [1.165, 1.54) is 17.7 Å². The number of rotatable bonds is 5. The maximum absolute atomic E-state index is 11.7. The van der Waals surface area contributed by atoms with Gasteiger partial charge in [0.1, 0.15) is 12.1 Å². The van der Waals surface area contributed by atoms with Crippen molar-refractivity contribution in [3.8, 4) is 11.6 Å². The van der Waals surface area contributed by atoms with Crippen molar-refractivity contribution < 1.29 is 9.66 Å². The number of nitrogens with zero attached hydrogens (tertiary/aromatic N) is 4. The molecule has 4 aromatic rings. The summed E-state index contributed by atoms with van der Waals surface area (Å²) in [4.78, 5) is 23.5. The first-order valence-corrected chi connectivity index (χ1v) is 9.19. The molecular formula is C19H15N5O3S. The van der Waals surface area contributed by atoms with Gasteiger partial charge in [0.05, 0.1) is 15.1 Å². The number of hydrogen-bond donors (Lipinski definition) is 1. The standard InChI is InChI=1S/C19H15N5O3S/c1-11-3-6-13(7-4-11)27-18-16(24(25)26)17(20-10-21-18)23-19-22-14-8-5-12(2)9-15(14)28-19/h3-10H,1-2H3,(H,20,21,22,23). The Kier molecular flexibility index (Phi) is 4.58. The van der Waals surface area contributed by atoms with Crippen molar-refractivity contribution in [2.24, 2.45) is 0 Å². The first-order chi connectivity index (χ1) is 13.5. The van der Waals surface area contributed by atoms with E-state index in [1.54, 1.807) is 12.1 Å². The van der Waals surface area contributed by atoms with E-state index in [9.17, 15) is 10.1 Å². The number of nitrogens with one attached hydrogen (secondary N) is 1. The maximum Gasteiger partial charge on any atom is 0.373 e. The number of aromatic nitrogens is 3. The first-order valence-electron chi connectivity index (χ1n) is 8.38. The quantitative estimate of drug-likeness (QED) is 0.369. The highest BCUT2D eigenvalue weighted by atomic mass is 32.1. The highest BCUT2D eigenvalue weighted by molar-refractivity contribution is 7.22. The Morgan fingerprint density at radius 1 is 1.07 bits per heavy atom. The summed E-state index contributed by atoms with van der Waals surface area (Å²) in [5.41, 5.74) is 2.63. The molecule has 0 radical (unpaired) electrons. The van der Waals surface area contributed by atoms with Crippen molar-refractivity contribution in [2.45, 2.75) is 13.8 Å². The van der Waals surface area contributed by atoms with Gasteiger partial charge in [0.2, 0.25) is 5.82 Å². The van der Waals surface area contributed by atoms with Crippen LogP contribution in [0.3, 0.4) is 0 Å². The van der Waals surface area contributed by atoms with Crippen LogP contribution in [-0.4, -0.2) is 19.9 Å². The second-order valence-electron chi connectivity index (χ2n) is 6.16. The lowest BCUT2D eigenvalue weighted by molar-refractivity contribution is -0.385. The summed E-state index contributed by atoms with van der Waals surface area (Å²) in [6, 6.07) is 13.0. The monoisotopic (exact) mass is 393 g/mol. The van der Waals surface area contributed by atoms with Crippen molar-refractivity contribution >= 4 is 38.2 Å². The Hall–Kier alpha value is -3.59. The van der Waals surface area contributed by atoms with Gasteiger partial charge in [0.25, 0.3) is 0 Å². The molecule has 8 nitrogen and oxygen atoms in total. The molecule has 0 aliphatic carbocycles. The number of aryl methyl sites for hydroxylation is 2. The minimum absolute atomic E-state index is 0.0258. The maximum atomic E-state index is 11.7. The zero-order valence-electron chi connectivity index (χ0n) is 15.0. The normalized spacial score (nSPS) is 10.8. The fourth-order valence-electron chi connectivity index (χ4n) is 2.60. The zero-order chi connectivity index (χ0) is 19.7. The molecule has 2 aromatic carbocycles. The number of hydrogen-bond acceptors (Lipinski definition) is 8. The minimum atomic E-state index is -0.566. The van der Waals surface area contributed by atoms with E-state index in [4.69, 9.17) is 4.74 Å². The second-order valence-corrected chi connectivity index (χ2v) is 7.19. The molecule has 0 unspecified atom stereocenters. The Bertz CT molecular complexity index is 1170. The van der Waals surface area contributed by atoms with Crippen LogP contribution in [0.2, 0.25) is 0 Å². The molecule has 1 N–H and O–H groups in total. The van der Waals surface area contributed by atoms with Crippen LogP contribution >= 0.6 is 11.3 Å². The number of anilines is 2. The van der Waals surface area contributed by atoms with Gasteiger partial charge in [-0.2, -0.15) is 4.98 Å².